The van der Waals surface area contributed by atoms with Gasteiger partial charge in [-0.2, -0.15) is 0 Å². The minimum Gasteiger partial charge on any atom is -0.486 e. The zero-order chi connectivity index (χ0) is 18.9. The molecule has 27 heavy (non-hydrogen) atoms. The normalized spacial score (nSPS) is 23.3. The fourth-order valence-corrected chi connectivity index (χ4v) is 4.10. The zero-order valence-electron chi connectivity index (χ0n) is 15.6. The van der Waals surface area contributed by atoms with Crippen molar-refractivity contribution in [2.24, 2.45) is 0 Å². The zero-order valence-corrected chi connectivity index (χ0v) is 15.6. The smallest absolute Gasteiger partial charge is 0.254 e. The number of benzene rings is 1. The van der Waals surface area contributed by atoms with Gasteiger partial charge in [0.1, 0.15) is 18.8 Å². The predicted octanol–water partition coefficient (Wildman–Crippen LogP) is 0.768. The molecule has 0 spiro atoms. The summed E-state index contributed by atoms with van der Waals surface area (Å²) in [6.45, 7) is 4.33. The van der Waals surface area contributed by atoms with Crippen LogP contribution in [-0.2, 0) is 11.3 Å². The summed E-state index contributed by atoms with van der Waals surface area (Å²) in [5.41, 5.74) is -0.132. The highest BCUT2D eigenvalue weighted by Crippen LogP contribution is 2.32. The molecular weight excluding hydrogens is 348 g/mol. The van der Waals surface area contributed by atoms with Gasteiger partial charge in [0.15, 0.2) is 11.5 Å². The summed E-state index contributed by atoms with van der Waals surface area (Å²) in [6.07, 6.45) is 1.75. The summed E-state index contributed by atoms with van der Waals surface area (Å²) < 4.78 is 11.2. The van der Waals surface area contributed by atoms with Gasteiger partial charge in [-0.25, -0.2) is 0 Å². The summed E-state index contributed by atoms with van der Waals surface area (Å²) in [5.74, 6) is 1.40. The van der Waals surface area contributed by atoms with Crippen molar-refractivity contribution >= 4 is 5.91 Å². The number of piperidine rings is 2. The first-order valence-corrected chi connectivity index (χ1v) is 9.84. The maximum atomic E-state index is 12.8. The molecule has 0 atom stereocenters. The molecule has 0 radical (unpaired) electrons. The van der Waals surface area contributed by atoms with E-state index in [1.54, 1.807) is 4.90 Å². The highest BCUT2D eigenvalue weighted by molar-refractivity contribution is 5.85. The number of hydrogen-bond acceptors (Lipinski definition) is 6. The lowest BCUT2D eigenvalue weighted by Crippen LogP contribution is -2.56. The van der Waals surface area contributed by atoms with Gasteiger partial charge in [-0.1, -0.05) is 6.07 Å². The Kier molecular flexibility index (Phi) is 5.25. The lowest BCUT2D eigenvalue weighted by molar-refractivity contribution is -0.158. The fourth-order valence-electron chi connectivity index (χ4n) is 4.10. The standard InChI is InChI=1S/C20H28N2O5/c23-16-3-7-22(8-4-16)19(24)20(25)5-9-21(10-6-20)14-15-1-2-17-18(13-15)27-12-11-26-17/h1-2,13,16,23,25H,3-12,14H2. The second-order valence-corrected chi connectivity index (χ2v) is 7.81. The van der Waals surface area contributed by atoms with E-state index in [0.29, 0.717) is 65.1 Å². The summed E-state index contributed by atoms with van der Waals surface area (Å²) in [7, 11) is 0. The minimum atomic E-state index is -1.27. The molecule has 0 unspecified atom stereocenters. The maximum absolute atomic E-state index is 12.8. The molecular formula is C20H28N2O5. The first kappa shape index (κ1) is 18.5. The van der Waals surface area contributed by atoms with E-state index < -0.39 is 5.60 Å². The van der Waals surface area contributed by atoms with Crippen molar-refractivity contribution in [2.45, 2.75) is 43.9 Å². The van der Waals surface area contributed by atoms with Crippen LogP contribution in [0.15, 0.2) is 18.2 Å². The van der Waals surface area contributed by atoms with Crippen molar-refractivity contribution < 1.29 is 24.5 Å². The second-order valence-electron chi connectivity index (χ2n) is 7.81. The third-order valence-corrected chi connectivity index (χ3v) is 5.85. The number of amides is 1. The van der Waals surface area contributed by atoms with Gasteiger partial charge in [-0.05, 0) is 43.4 Å². The Bertz CT molecular complexity index is 679. The molecule has 148 valence electrons. The fraction of sp³-hybridized carbons (Fsp3) is 0.650. The summed E-state index contributed by atoms with van der Waals surface area (Å²) >= 11 is 0. The van der Waals surface area contributed by atoms with Gasteiger partial charge in [0.2, 0.25) is 0 Å². The summed E-state index contributed by atoms with van der Waals surface area (Å²) in [6, 6.07) is 6.00. The van der Waals surface area contributed by atoms with Crippen LogP contribution in [0.3, 0.4) is 0 Å². The largest absolute Gasteiger partial charge is 0.486 e. The molecule has 0 bridgehead atoms. The van der Waals surface area contributed by atoms with Gasteiger partial charge in [0.25, 0.3) is 5.91 Å². The summed E-state index contributed by atoms with van der Waals surface area (Å²) in [5, 5.41) is 20.5. The molecule has 4 rings (SSSR count). The van der Waals surface area contributed by atoms with Crippen molar-refractivity contribution in [1.29, 1.82) is 0 Å². The van der Waals surface area contributed by atoms with Crippen LogP contribution >= 0.6 is 0 Å². The average molecular weight is 376 g/mol. The molecule has 2 N–H and O–H groups in total. The van der Waals surface area contributed by atoms with Crippen LogP contribution in [0.2, 0.25) is 0 Å². The van der Waals surface area contributed by atoms with Crippen LogP contribution in [-0.4, -0.2) is 77.0 Å². The Morgan fingerprint density at radius 2 is 1.74 bits per heavy atom. The second kappa shape index (κ2) is 7.66. The third kappa shape index (κ3) is 4.05. The van der Waals surface area contributed by atoms with E-state index >= 15 is 0 Å². The Balaban J connectivity index is 1.32. The van der Waals surface area contributed by atoms with Crippen LogP contribution in [0.5, 0.6) is 11.5 Å². The van der Waals surface area contributed by atoms with Crippen LogP contribution in [0.4, 0.5) is 0 Å². The molecule has 1 aromatic rings. The van der Waals surface area contributed by atoms with E-state index in [-0.39, 0.29) is 12.0 Å². The first-order valence-electron chi connectivity index (χ1n) is 9.84. The predicted molar refractivity (Wildman–Crippen MR) is 98.7 cm³/mol. The number of nitrogens with zero attached hydrogens (tertiary/aromatic N) is 2. The molecule has 1 aromatic carbocycles. The van der Waals surface area contributed by atoms with E-state index in [4.69, 9.17) is 9.47 Å². The molecule has 3 heterocycles. The van der Waals surface area contributed by atoms with Crippen molar-refractivity contribution in [3.8, 4) is 11.5 Å². The number of carbonyl (C=O) groups is 1. The quantitative estimate of drug-likeness (QED) is 0.811. The van der Waals surface area contributed by atoms with E-state index in [1.807, 2.05) is 18.2 Å². The molecule has 2 saturated heterocycles. The van der Waals surface area contributed by atoms with Gasteiger partial charge in [-0.3, -0.25) is 9.69 Å². The maximum Gasteiger partial charge on any atom is 0.254 e. The number of carbonyl (C=O) groups excluding carboxylic acids is 1. The van der Waals surface area contributed by atoms with E-state index in [1.165, 1.54) is 0 Å². The number of aliphatic hydroxyl groups excluding tert-OH is 1. The molecule has 7 heteroatoms. The molecule has 3 aliphatic heterocycles. The molecule has 2 fully saturated rings. The monoisotopic (exact) mass is 376 g/mol. The number of likely N-dealkylation sites (tertiary alicyclic amines) is 2. The van der Waals surface area contributed by atoms with Crippen molar-refractivity contribution in [2.75, 3.05) is 39.4 Å². The molecule has 1 amide bonds. The molecule has 7 nitrogen and oxygen atoms in total. The van der Waals surface area contributed by atoms with Crippen LogP contribution < -0.4 is 9.47 Å². The van der Waals surface area contributed by atoms with Gasteiger partial charge in [0, 0.05) is 32.7 Å². The third-order valence-electron chi connectivity index (χ3n) is 5.85. The summed E-state index contributed by atoms with van der Waals surface area (Å²) in [4.78, 5) is 16.7. The van der Waals surface area contributed by atoms with Gasteiger partial charge >= 0.3 is 0 Å². The highest BCUT2D eigenvalue weighted by Gasteiger charge is 2.42. The Morgan fingerprint density at radius 3 is 2.44 bits per heavy atom. The van der Waals surface area contributed by atoms with Crippen LogP contribution in [0.1, 0.15) is 31.2 Å². The lowest BCUT2D eigenvalue weighted by atomic mass is 9.89. The molecule has 0 aromatic heterocycles. The number of aliphatic hydroxyl groups is 2. The number of ether oxygens (including phenoxy) is 2. The Labute approximate surface area is 159 Å². The lowest BCUT2D eigenvalue weighted by Gasteiger charge is -2.41. The van der Waals surface area contributed by atoms with Crippen LogP contribution in [0.25, 0.3) is 0 Å². The van der Waals surface area contributed by atoms with E-state index in [0.717, 1.165) is 23.6 Å². The van der Waals surface area contributed by atoms with Crippen LogP contribution in [0, 0.1) is 0 Å². The Hall–Kier alpha value is -1.83. The topological polar surface area (TPSA) is 82.5 Å². The molecule has 0 aliphatic carbocycles. The van der Waals surface area contributed by atoms with Crippen molar-refractivity contribution in [1.82, 2.24) is 9.80 Å². The number of fused-ring (bicyclic) bond motifs is 1. The molecule has 3 aliphatic rings. The van der Waals surface area contributed by atoms with Gasteiger partial charge < -0.3 is 24.6 Å². The van der Waals surface area contributed by atoms with E-state index in [9.17, 15) is 15.0 Å². The van der Waals surface area contributed by atoms with E-state index in [2.05, 4.69) is 4.90 Å². The Morgan fingerprint density at radius 1 is 1.07 bits per heavy atom. The number of rotatable bonds is 3. The van der Waals surface area contributed by atoms with Crippen molar-refractivity contribution in [3.05, 3.63) is 23.8 Å². The SMILES string of the molecule is O=C(N1CCC(O)CC1)C1(O)CCN(Cc2ccc3c(c2)OCCO3)CC1. The average Bonchev–Trinajstić information content (AvgIpc) is 2.70. The number of hydrogen-bond donors (Lipinski definition) is 2. The van der Waals surface area contributed by atoms with Gasteiger partial charge in [-0.15, -0.1) is 0 Å². The molecule has 0 saturated carbocycles. The van der Waals surface area contributed by atoms with Gasteiger partial charge in [0.05, 0.1) is 6.10 Å². The highest BCUT2D eigenvalue weighted by atomic mass is 16.6. The first-order chi connectivity index (χ1) is 13.0. The van der Waals surface area contributed by atoms with Crippen molar-refractivity contribution in [3.63, 3.8) is 0 Å². The minimum absolute atomic E-state index is 0.173.